The minimum Gasteiger partial charge on any atom is -0.337 e. The summed E-state index contributed by atoms with van der Waals surface area (Å²) in [7, 11) is 0. The fraction of sp³-hybridized carbons (Fsp3) is 0.538. The Labute approximate surface area is 131 Å². The second kappa shape index (κ2) is 5.64. The van der Waals surface area contributed by atoms with Crippen LogP contribution in [0.3, 0.4) is 0 Å². The van der Waals surface area contributed by atoms with Crippen molar-refractivity contribution in [1.82, 2.24) is 9.80 Å². The largest absolute Gasteiger partial charge is 0.337 e. The van der Waals surface area contributed by atoms with E-state index >= 15 is 0 Å². The first-order valence-electron chi connectivity index (χ1n) is 6.54. The topological polar surface area (TPSA) is 40.6 Å². The minimum absolute atomic E-state index is 0.00377. The maximum atomic E-state index is 12.2. The number of amides is 1. The van der Waals surface area contributed by atoms with Gasteiger partial charge in [0.2, 0.25) is 5.91 Å². The van der Waals surface area contributed by atoms with E-state index in [4.69, 9.17) is 23.2 Å². The van der Waals surface area contributed by atoms with Gasteiger partial charge in [-0.15, -0.1) is 11.3 Å². The molecular formula is C13H14Cl2N2O2S. The van der Waals surface area contributed by atoms with Crippen LogP contribution >= 0.6 is 34.5 Å². The molecule has 7 heteroatoms. The van der Waals surface area contributed by atoms with Crippen molar-refractivity contribution in [3.63, 3.8) is 0 Å². The van der Waals surface area contributed by atoms with Crippen LogP contribution in [0, 0.1) is 0 Å². The van der Waals surface area contributed by atoms with Gasteiger partial charge in [-0.3, -0.25) is 14.5 Å². The second-order valence-corrected chi connectivity index (χ2v) is 7.46. The van der Waals surface area contributed by atoms with Gasteiger partial charge in [0.05, 0.1) is 16.4 Å². The van der Waals surface area contributed by atoms with Crippen LogP contribution in [0.25, 0.3) is 0 Å². The van der Waals surface area contributed by atoms with Gasteiger partial charge < -0.3 is 4.90 Å². The normalized spacial score (nSPS) is 23.2. The lowest BCUT2D eigenvalue weighted by Gasteiger charge is -2.37. The summed E-state index contributed by atoms with van der Waals surface area (Å²) in [5.41, 5.74) is 0.506. The van der Waals surface area contributed by atoms with Gasteiger partial charge in [-0.05, 0) is 12.5 Å². The molecule has 1 unspecified atom stereocenters. The molecule has 0 bridgehead atoms. The second-order valence-electron chi connectivity index (χ2n) is 5.18. The van der Waals surface area contributed by atoms with Crippen LogP contribution in [-0.4, -0.2) is 53.7 Å². The third-order valence-corrected chi connectivity index (χ3v) is 5.39. The molecule has 1 amide bonds. The van der Waals surface area contributed by atoms with Crippen molar-refractivity contribution in [1.29, 1.82) is 0 Å². The first-order chi connectivity index (χ1) is 9.54. The van der Waals surface area contributed by atoms with E-state index in [1.807, 2.05) is 4.90 Å². The van der Waals surface area contributed by atoms with Gasteiger partial charge in [-0.25, -0.2) is 0 Å². The molecule has 1 atom stereocenters. The van der Waals surface area contributed by atoms with E-state index in [0.717, 1.165) is 26.1 Å². The van der Waals surface area contributed by atoms with Crippen LogP contribution in [0.5, 0.6) is 0 Å². The fourth-order valence-corrected chi connectivity index (χ4v) is 4.39. The van der Waals surface area contributed by atoms with Crippen LogP contribution in [-0.2, 0) is 4.79 Å². The van der Waals surface area contributed by atoms with Crippen LogP contribution in [0.15, 0.2) is 6.07 Å². The van der Waals surface area contributed by atoms with Crippen LogP contribution in [0.4, 0.5) is 0 Å². The molecule has 4 nitrogen and oxygen atoms in total. The number of ketones is 1. The Morgan fingerprint density at radius 1 is 1.40 bits per heavy atom. The highest BCUT2D eigenvalue weighted by atomic mass is 35.5. The summed E-state index contributed by atoms with van der Waals surface area (Å²) in [5, 5.41) is 0. The Bertz CT molecular complexity index is 561. The molecule has 0 aliphatic carbocycles. The fourth-order valence-electron chi connectivity index (χ4n) is 2.89. The van der Waals surface area contributed by atoms with Gasteiger partial charge >= 0.3 is 0 Å². The van der Waals surface area contributed by atoms with E-state index in [-0.39, 0.29) is 17.7 Å². The van der Waals surface area contributed by atoms with Crippen molar-refractivity contribution in [3.05, 3.63) is 20.3 Å². The van der Waals surface area contributed by atoms with E-state index in [0.29, 0.717) is 27.2 Å². The molecule has 0 saturated carbocycles. The molecule has 0 spiro atoms. The number of halogens is 2. The molecule has 1 aromatic rings. The van der Waals surface area contributed by atoms with Crippen molar-refractivity contribution in [2.24, 2.45) is 0 Å². The Balaban J connectivity index is 1.63. The Morgan fingerprint density at radius 2 is 2.20 bits per heavy atom. The highest BCUT2D eigenvalue weighted by molar-refractivity contribution is 7.20. The summed E-state index contributed by atoms with van der Waals surface area (Å²) in [5.74, 6) is 0.240. The summed E-state index contributed by atoms with van der Waals surface area (Å²) in [4.78, 5) is 27.9. The molecule has 2 aliphatic heterocycles. The van der Waals surface area contributed by atoms with E-state index in [1.54, 1.807) is 6.07 Å². The zero-order valence-electron chi connectivity index (χ0n) is 10.8. The zero-order valence-corrected chi connectivity index (χ0v) is 13.1. The Kier molecular flexibility index (Phi) is 4.04. The average molecular weight is 333 g/mol. The molecule has 1 aromatic heterocycles. The Hall–Kier alpha value is -0.620. The van der Waals surface area contributed by atoms with Crippen molar-refractivity contribution in [3.8, 4) is 0 Å². The number of Topliss-reactive ketones (excluding diaryl/α,β-unsaturated/α-hetero) is 1. The van der Waals surface area contributed by atoms with Crippen molar-refractivity contribution in [2.75, 3.05) is 26.2 Å². The van der Waals surface area contributed by atoms with E-state index in [9.17, 15) is 9.59 Å². The van der Waals surface area contributed by atoms with Gasteiger partial charge in [0.25, 0.3) is 0 Å². The molecule has 108 valence electrons. The van der Waals surface area contributed by atoms with E-state index < -0.39 is 0 Å². The van der Waals surface area contributed by atoms with Gasteiger partial charge in [-0.2, -0.15) is 0 Å². The van der Waals surface area contributed by atoms with Crippen molar-refractivity contribution < 1.29 is 9.59 Å². The van der Waals surface area contributed by atoms with Gasteiger partial charge in [0.15, 0.2) is 5.78 Å². The molecule has 0 N–H and O–H groups in total. The first-order valence-corrected chi connectivity index (χ1v) is 8.11. The molecule has 3 heterocycles. The minimum atomic E-state index is -0.00377. The van der Waals surface area contributed by atoms with Gasteiger partial charge in [0.1, 0.15) is 4.34 Å². The summed E-state index contributed by atoms with van der Waals surface area (Å²) < 4.78 is 0.985. The number of rotatable bonds is 3. The third-order valence-electron chi connectivity index (χ3n) is 3.90. The van der Waals surface area contributed by atoms with E-state index in [1.165, 1.54) is 11.3 Å². The van der Waals surface area contributed by atoms with Gasteiger partial charge in [-0.1, -0.05) is 23.2 Å². The molecule has 0 radical (unpaired) electrons. The number of piperazine rings is 1. The third kappa shape index (κ3) is 2.72. The Morgan fingerprint density at radius 3 is 2.90 bits per heavy atom. The van der Waals surface area contributed by atoms with Gasteiger partial charge in [0, 0.05) is 32.1 Å². The number of carbonyl (C=O) groups is 2. The SMILES string of the molecule is O=C(CN1CCN2C(=O)CCC2C1)c1cc(Cl)sc1Cl. The average Bonchev–Trinajstić information content (AvgIpc) is 2.93. The van der Waals surface area contributed by atoms with Crippen LogP contribution in [0.1, 0.15) is 23.2 Å². The monoisotopic (exact) mass is 332 g/mol. The summed E-state index contributed by atoms with van der Waals surface area (Å²) >= 11 is 13.1. The van der Waals surface area contributed by atoms with E-state index in [2.05, 4.69) is 4.90 Å². The molecule has 2 saturated heterocycles. The maximum Gasteiger partial charge on any atom is 0.222 e. The lowest BCUT2D eigenvalue weighted by Crippen LogP contribution is -2.52. The predicted octanol–water partition coefficient (Wildman–Crippen LogP) is 2.54. The number of carbonyl (C=O) groups excluding carboxylic acids is 2. The smallest absolute Gasteiger partial charge is 0.222 e. The van der Waals surface area contributed by atoms with Crippen molar-refractivity contribution in [2.45, 2.75) is 18.9 Å². The highest BCUT2D eigenvalue weighted by Gasteiger charge is 2.35. The first kappa shape index (κ1) is 14.3. The zero-order chi connectivity index (χ0) is 14.3. The maximum absolute atomic E-state index is 12.2. The summed E-state index contributed by atoms with van der Waals surface area (Å²) in [6, 6.07) is 1.90. The molecule has 2 fully saturated rings. The molecular weight excluding hydrogens is 319 g/mol. The van der Waals surface area contributed by atoms with Crippen LogP contribution in [0.2, 0.25) is 8.67 Å². The quantitative estimate of drug-likeness (QED) is 0.798. The number of nitrogens with zero attached hydrogens (tertiary/aromatic N) is 2. The highest BCUT2D eigenvalue weighted by Crippen LogP contribution is 2.31. The molecule has 3 rings (SSSR count). The molecule has 2 aliphatic rings. The summed E-state index contributed by atoms with van der Waals surface area (Å²) in [6.45, 7) is 2.57. The molecule has 0 aromatic carbocycles. The number of hydrogen-bond donors (Lipinski definition) is 0. The standard InChI is InChI=1S/C13H14Cl2N2O2S/c14-11-5-9(13(15)20-11)10(18)7-16-3-4-17-8(6-16)1-2-12(17)19/h5,8H,1-4,6-7H2. The number of hydrogen-bond acceptors (Lipinski definition) is 4. The molecule has 20 heavy (non-hydrogen) atoms. The lowest BCUT2D eigenvalue weighted by molar-refractivity contribution is -0.130. The van der Waals surface area contributed by atoms with Crippen molar-refractivity contribution >= 4 is 46.2 Å². The summed E-state index contributed by atoms with van der Waals surface area (Å²) in [6.07, 6.45) is 1.53. The number of thiophene rings is 1. The number of fused-ring (bicyclic) bond motifs is 1. The predicted molar refractivity (Wildman–Crippen MR) is 79.8 cm³/mol. The van der Waals surface area contributed by atoms with Crippen LogP contribution < -0.4 is 0 Å². The lowest BCUT2D eigenvalue weighted by atomic mass is 10.1.